The first-order valence-corrected chi connectivity index (χ1v) is 13.5. The normalized spacial score (nSPS) is 12.9. The number of fused-ring (bicyclic) bond motifs is 1. The molecular formula is C28H31N3O5S. The fraction of sp³-hybridized carbons (Fsp3) is 0.250. The maximum absolute atomic E-state index is 12.6. The Kier molecular flexibility index (Phi) is 7.68. The predicted molar refractivity (Wildman–Crippen MR) is 144 cm³/mol. The lowest BCUT2D eigenvalue weighted by Crippen LogP contribution is -2.42. The molecule has 0 radical (unpaired) electrons. The molecule has 3 aromatic carbocycles. The molecule has 1 unspecified atom stereocenters. The topological polar surface area (TPSA) is 121 Å². The quantitative estimate of drug-likeness (QED) is 0.228. The maximum atomic E-state index is 12.6. The van der Waals surface area contributed by atoms with Crippen LogP contribution in [0.2, 0.25) is 0 Å². The Labute approximate surface area is 216 Å². The zero-order valence-corrected chi connectivity index (χ0v) is 21.6. The number of aromatic carboxylic acids is 1. The number of para-hydroxylation sites is 1. The van der Waals surface area contributed by atoms with Crippen LogP contribution in [0.1, 0.15) is 42.3 Å². The van der Waals surface area contributed by atoms with Crippen LogP contribution >= 0.6 is 0 Å². The van der Waals surface area contributed by atoms with Gasteiger partial charge in [0.1, 0.15) is 0 Å². The Bertz CT molecular complexity index is 1500. The molecule has 0 amide bonds. The van der Waals surface area contributed by atoms with E-state index in [-0.39, 0.29) is 22.5 Å². The van der Waals surface area contributed by atoms with Gasteiger partial charge in [-0.3, -0.25) is 4.72 Å². The molecule has 4 aromatic rings. The number of carboxylic acids is 1. The number of aromatic nitrogens is 1. The van der Waals surface area contributed by atoms with Crippen LogP contribution in [0, 0.1) is 0 Å². The molecule has 8 nitrogen and oxygen atoms in total. The zero-order chi connectivity index (χ0) is 26.6. The number of carbonyl (C=O) groups is 1. The molecule has 4 N–H and O–H groups in total. The first-order valence-electron chi connectivity index (χ1n) is 12.0. The number of benzene rings is 3. The van der Waals surface area contributed by atoms with Gasteiger partial charge in [0.2, 0.25) is 0 Å². The van der Waals surface area contributed by atoms with E-state index in [1.165, 1.54) is 12.1 Å². The summed E-state index contributed by atoms with van der Waals surface area (Å²) in [7, 11) is -3.73. The SMILES string of the molecule is CC(C)(CCn1cc(C(=O)O)c2ccccc21)NCC(O)c1cccc(NS(=O)(=O)c2ccccc2)c1. The molecule has 194 valence electrons. The van der Waals surface area contributed by atoms with E-state index in [0.717, 1.165) is 5.52 Å². The van der Waals surface area contributed by atoms with Gasteiger partial charge < -0.3 is 20.1 Å². The Balaban J connectivity index is 1.38. The average Bonchev–Trinajstić information content (AvgIpc) is 3.26. The fourth-order valence-electron chi connectivity index (χ4n) is 4.20. The summed E-state index contributed by atoms with van der Waals surface area (Å²) in [6.07, 6.45) is 1.50. The lowest BCUT2D eigenvalue weighted by atomic mass is 9.99. The monoisotopic (exact) mass is 521 g/mol. The van der Waals surface area contributed by atoms with E-state index in [1.54, 1.807) is 48.7 Å². The first kappa shape index (κ1) is 26.4. The summed E-state index contributed by atoms with van der Waals surface area (Å²) in [5.41, 5.74) is 1.74. The number of aliphatic hydroxyl groups is 1. The Morgan fingerprint density at radius 3 is 2.43 bits per heavy atom. The molecule has 1 atom stereocenters. The third-order valence-corrected chi connectivity index (χ3v) is 7.74. The van der Waals surface area contributed by atoms with E-state index in [9.17, 15) is 23.4 Å². The molecule has 37 heavy (non-hydrogen) atoms. The minimum absolute atomic E-state index is 0.162. The summed E-state index contributed by atoms with van der Waals surface area (Å²) in [4.78, 5) is 11.8. The summed E-state index contributed by atoms with van der Waals surface area (Å²) >= 11 is 0. The van der Waals surface area contributed by atoms with Gasteiger partial charge in [-0.2, -0.15) is 0 Å². The average molecular weight is 522 g/mol. The van der Waals surface area contributed by atoms with Gasteiger partial charge in [-0.05, 0) is 56.2 Å². The number of hydrogen-bond acceptors (Lipinski definition) is 5. The molecular weight excluding hydrogens is 490 g/mol. The van der Waals surface area contributed by atoms with Crippen LogP contribution in [0.3, 0.4) is 0 Å². The fourth-order valence-corrected chi connectivity index (χ4v) is 5.28. The number of aryl methyl sites for hydroxylation is 1. The van der Waals surface area contributed by atoms with Crippen molar-refractivity contribution in [1.29, 1.82) is 0 Å². The number of nitrogens with one attached hydrogen (secondary N) is 2. The van der Waals surface area contributed by atoms with Gasteiger partial charge in [0.15, 0.2) is 0 Å². The van der Waals surface area contributed by atoms with Crippen molar-refractivity contribution >= 4 is 32.6 Å². The third-order valence-electron chi connectivity index (χ3n) is 6.35. The summed E-state index contributed by atoms with van der Waals surface area (Å²) in [6.45, 7) is 4.90. The van der Waals surface area contributed by atoms with Crippen LogP contribution in [0.4, 0.5) is 5.69 Å². The van der Waals surface area contributed by atoms with Crippen molar-refractivity contribution < 1.29 is 23.4 Å². The van der Waals surface area contributed by atoms with Crippen molar-refractivity contribution in [3.63, 3.8) is 0 Å². The van der Waals surface area contributed by atoms with Crippen LogP contribution in [0.15, 0.2) is 90.0 Å². The van der Waals surface area contributed by atoms with Crippen LogP contribution in [0.5, 0.6) is 0 Å². The van der Waals surface area contributed by atoms with Gasteiger partial charge in [-0.1, -0.05) is 48.5 Å². The van der Waals surface area contributed by atoms with Gasteiger partial charge in [-0.25, -0.2) is 13.2 Å². The number of anilines is 1. The molecule has 0 saturated carbocycles. The third kappa shape index (κ3) is 6.37. The molecule has 1 aromatic heterocycles. The van der Waals surface area contributed by atoms with Gasteiger partial charge in [-0.15, -0.1) is 0 Å². The Hall–Kier alpha value is -3.66. The largest absolute Gasteiger partial charge is 0.478 e. The number of nitrogens with zero attached hydrogens (tertiary/aromatic N) is 1. The molecule has 0 aliphatic rings. The molecule has 0 aliphatic heterocycles. The lowest BCUT2D eigenvalue weighted by Gasteiger charge is -2.28. The van der Waals surface area contributed by atoms with E-state index >= 15 is 0 Å². The number of carboxylic acid groups (broad SMARTS) is 1. The number of sulfonamides is 1. The van der Waals surface area contributed by atoms with Gasteiger partial charge in [0.25, 0.3) is 10.0 Å². The second-order valence-electron chi connectivity index (χ2n) is 9.63. The highest BCUT2D eigenvalue weighted by molar-refractivity contribution is 7.92. The highest BCUT2D eigenvalue weighted by Crippen LogP contribution is 2.24. The molecule has 1 heterocycles. The summed E-state index contributed by atoms with van der Waals surface area (Å²) in [6, 6.07) is 22.2. The Morgan fingerprint density at radius 1 is 1.00 bits per heavy atom. The van der Waals surface area contributed by atoms with Crippen molar-refractivity contribution in [2.45, 2.75) is 43.4 Å². The maximum Gasteiger partial charge on any atom is 0.337 e. The second-order valence-corrected chi connectivity index (χ2v) is 11.3. The predicted octanol–water partition coefficient (Wildman–Crippen LogP) is 4.63. The molecule has 4 rings (SSSR count). The highest BCUT2D eigenvalue weighted by atomic mass is 32.2. The van der Waals surface area contributed by atoms with E-state index in [0.29, 0.717) is 29.6 Å². The highest BCUT2D eigenvalue weighted by Gasteiger charge is 2.21. The second kappa shape index (κ2) is 10.8. The van der Waals surface area contributed by atoms with Crippen molar-refractivity contribution in [1.82, 2.24) is 9.88 Å². The van der Waals surface area contributed by atoms with Crippen LogP contribution < -0.4 is 10.0 Å². The first-order chi connectivity index (χ1) is 17.6. The zero-order valence-electron chi connectivity index (χ0n) is 20.8. The van der Waals surface area contributed by atoms with Crippen molar-refractivity contribution in [2.24, 2.45) is 0 Å². The molecule has 0 fully saturated rings. The molecule has 0 spiro atoms. The summed E-state index contributed by atoms with van der Waals surface area (Å²) in [5.74, 6) is -0.955. The van der Waals surface area contributed by atoms with Crippen molar-refractivity contribution in [3.05, 3.63) is 96.2 Å². The molecule has 9 heteroatoms. The van der Waals surface area contributed by atoms with E-state index in [4.69, 9.17) is 0 Å². The smallest absolute Gasteiger partial charge is 0.337 e. The molecule has 0 saturated heterocycles. The van der Waals surface area contributed by atoms with E-state index in [1.807, 2.05) is 42.7 Å². The lowest BCUT2D eigenvalue weighted by molar-refractivity contribution is 0.0698. The minimum Gasteiger partial charge on any atom is -0.478 e. The van der Waals surface area contributed by atoms with Crippen LogP contribution in [-0.4, -0.2) is 41.3 Å². The van der Waals surface area contributed by atoms with Gasteiger partial charge in [0.05, 0.1) is 16.6 Å². The molecule has 0 bridgehead atoms. The van der Waals surface area contributed by atoms with Crippen LogP contribution in [-0.2, 0) is 16.6 Å². The number of aliphatic hydroxyl groups excluding tert-OH is 1. The Morgan fingerprint density at radius 2 is 1.70 bits per heavy atom. The number of β-amino-alcohol motifs (C(OH)–C–C–N with tert-alkyl or cyclic N) is 1. The standard InChI is InChI=1S/C28H31N3O5S/c1-28(2,15-16-31-19-24(27(33)34)23-13-6-7-14-25(23)31)29-18-26(32)20-9-8-10-21(17-20)30-37(35,36)22-11-4-3-5-12-22/h3-14,17,19,26,29-30,32H,15-16,18H2,1-2H3,(H,33,34). The summed E-state index contributed by atoms with van der Waals surface area (Å²) in [5, 5.41) is 24.4. The minimum atomic E-state index is -3.73. The van der Waals surface area contributed by atoms with Gasteiger partial charge in [0, 0.05) is 41.4 Å². The number of hydrogen-bond donors (Lipinski definition) is 4. The summed E-state index contributed by atoms with van der Waals surface area (Å²) < 4.78 is 29.8. The molecule has 0 aliphatic carbocycles. The van der Waals surface area contributed by atoms with Crippen molar-refractivity contribution in [3.8, 4) is 0 Å². The van der Waals surface area contributed by atoms with E-state index in [2.05, 4.69) is 10.0 Å². The van der Waals surface area contributed by atoms with Gasteiger partial charge >= 0.3 is 5.97 Å². The van der Waals surface area contributed by atoms with E-state index < -0.39 is 22.1 Å². The van der Waals surface area contributed by atoms with Crippen molar-refractivity contribution in [2.75, 3.05) is 11.3 Å². The van der Waals surface area contributed by atoms with Crippen LogP contribution in [0.25, 0.3) is 10.9 Å². The number of rotatable bonds is 11.